The quantitative estimate of drug-likeness (QED) is 0.725. The number of pyridine rings is 1. The molecule has 0 radical (unpaired) electrons. The first kappa shape index (κ1) is 14.6. The number of aromatic nitrogens is 1. The Labute approximate surface area is 130 Å². The number of benzene rings is 2. The number of nitrogens with one attached hydrogen (secondary N) is 1. The van der Waals surface area contributed by atoms with E-state index in [0.29, 0.717) is 22.2 Å². The molecular formula is C17H13NO5. The van der Waals surface area contributed by atoms with E-state index in [9.17, 15) is 9.59 Å². The second-order valence-corrected chi connectivity index (χ2v) is 4.80. The molecule has 0 aliphatic heterocycles. The largest absolute Gasteiger partial charge is 0.511 e. The molecule has 6 heteroatoms. The SMILES string of the molecule is COc1ccc2[nH]c(=O)c(-c3ccccc3)c(OC(=O)O)c2c1. The predicted molar refractivity (Wildman–Crippen MR) is 85.2 cm³/mol. The highest BCUT2D eigenvalue weighted by molar-refractivity contribution is 5.94. The van der Waals surface area contributed by atoms with Gasteiger partial charge in [0.25, 0.3) is 5.56 Å². The van der Waals surface area contributed by atoms with Crippen LogP contribution in [0, 0.1) is 0 Å². The normalized spacial score (nSPS) is 10.5. The molecule has 0 atom stereocenters. The molecule has 0 fully saturated rings. The average Bonchev–Trinajstić information content (AvgIpc) is 2.55. The summed E-state index contributed by atoms with van der Waals surface area (Å²) < 4.78 is 10.1. The van der Waals surface area contributed by atoms with E-state index in [1.165, 1.54) is 7.11 Å². The van der Waals surface area contributed by atoms with Crippen LogP contribution in [0.3, 0.4) is 0 Å². The molecule has 2 N–H and O–H groups in total. The summed E-state index contributed by atoms with van der Waals surface area (Å²) in [5.74, 6) is 0.514. The highest BCUT2D eigenvalue weighted by atomic mass is 16.7. The van der Waals surface area contributed by atoms with Crippen molar-refractivity contribution in [1.82, 2.24) is 4.98 Å². The molecule has 0 unspecified atom stereocenters. The van der Waals surface area contributed by atoms with Crippen LogP contribution in [0.1, 0.15) is 0 Å². The van der Waals surface area contributed by atoms with Crippen LogP contribution < -0.4 is 15.0 Å². The fourth-order valence-electron chi connectivity index (χ4n) is 2.43. The van der Waals surface area contributed by atoms with E-state index in [-0.39, 0.29) is 11.3 Å². The maximum atomic E-state index is 12.4. The monoisotopic (exact) mass is 311 g/mol. The molecule has 0 saturated heterocycles. The van der Waals surface area contributed by atoms with Crippen molar-refractivity contribution in [3.63, 3.8) is 0 Å². The molecular weight excluding hydrogens is 298 g/mol. The van der Waals surface area contributed by atoms with Gasteiger partial charge in [-0.1, -0.05) is 30.3 Å². The van der Waals surface area contributed by atoms with Gasteiger partial charge in [-0.05, 0) is 23.8 Å². The number of carboxylic acid groups (broad SMARTS) is 1. The summed E-state index contributed by atoms with van der Waals surface area (Å²) in [6, 6.07) is 13.7. The maximum Gasteiger partial charge on any atom is 0.511 e. The lowest BCUT2D eigenvalue weighted by Gasteiger charge is -2.12. The van der Waals surface area contributed by atoms with Crippen LogP contribution >= 0.6 is 0 Å². The van der Waals surface area contributed by atoms with Gasteiger partial charge in [0, 0.05) is 5.39 Å². The number of hydrogen-bond donors (Lipinski definition) is 2. The maximum absolute atomic E-state index is 12.4. The highest BCUT2D eigenvalue weighted by Crippen LogP contribution is 2.35. The Balaban J connectivity index is 2.40. The van der Waals surface area contributed by atoms with Crippen LogP contribution in [0.2, 0.25) is 0 Å². The molecule has 0 amide bonds. The van der Waals surface area contributed by atoms with Crippen molar-refractivity contribution in [3.05, 3.63) is 58.9 Å². The Morgan fingerprint density at radius 1 is 1.13 bits per heavy atom. The molecule has 0 spiro atoms. The Bertz CT molecular complexity index is 931. The van der Waals surface area contributed by atoms with E-state index in [2.05, 4.69) is 4.98 Å². The molecule has 23 heavy (non-hydrogen) atoms. The van der Waals surface area contributed by atoms with Crippen molar-refractivity contribution in [2.45, 2.75) is 0 Å². The molecule has 0 bridgehead atoms. The van der Waals surface area contributed by atoms with Gasteiger partial charge in [0.1, 0.15) is 5.75 Å². The van der Waals surface area contributed by atoms with Crippen molar-refractivity contribution in [3.8, 4) is 22.6 Å². The van der Waals surface area contributed by atoms with E-state index in [1.54, 1.807) is 48.5 Å². The Morgan fingerprint density at radius 2 is 1.87 bits per heavy atom. The summed E-state index contributed by atoms with van der Waals surface area (Å²) in [5.41, 5.74) is 0.764. The van der Waals surface area contributed by atoms with Crippen molar-refractivity contribution in [2.75, 3.05) is 7.11 Å². The average molecular weight is 311 g/mol. The van der Waals surface area contributed by atoms with Gasteiger partial charge in [-0.15, -0.1) is 0 Å². The van der Waals surface area contributed by atoms with Gasteiger partial charge >= 0.3 is 6.16 Å². The first-order chi connectivity index (χ1) is 11.1. The molecule has 2 aromatic carbocycles. The second kappa shape index (κ2) is 5.84. The number of fused-ring (bicyclic) bond motifs is 1. The topological polar surface area (TPSA) is 88.6 Å². The van der Waals surface area contributed by atoms with Gasteiger partial charge in [-0.3, -0.25) is 4.79 Å². The number of carbonyl (C=O) groups is 1. The zero-order chi connectivity index (χ0) is 16.4. The number of aromatic amines is 1. The summed E-state index contributed by atoms with van der Waals surface area (Å²) in [6.45, 7) is 0. The zero-order valence-corrected chi connectivity index (χ0v) is 12.2. The third-order valence-electron chi connectivity index (χ3n) is 3.43. The minimum absolute atomic E-state index is 0.0126. The molecule has 1 heterocycles. The molecule has 3 aromatic rings. The summed E-state index contributed by atoms with van der Waals surface area (Å²) in [5, 5.41) is 9.50. The highest BCUT2D eigenvalue weighted by Gasteiger charge is 2.19. The summed E-state index contributed by atoms with van der Waals surface area (Å²) >= 11 is 0. The van der Waals surface area contributed by atoms with Crippen LogP contribution in [-0.4, -0.2) is 23.4 Å². The third kappa shape index (κ3) is 2.74. The van der Waals surface area contributed by atoms with Gasteiger partial charge in [0.15, 0.2) is 5.75 Å². The van der Waals surface area contributed by atoms with Crippen molar-refractivity contribution in [2.24, 2.45) is 0 Å². The molecule has 0 aliphatic carbocycles. The smallest absolute Gasteiger partial charge is 0.497 e. The van der Waals surface area contributed by atoms with Crippen molar-refractivity contribution >= 4 is 17.1 Å². The minimum atomic E-state index is -1.49. The van der Waals surface area contributed by atoms with E-state index in [4.69, 9.17) is 14.6 Å². The van der Waals surface area contributed by atoms with Crippen LogP contribution in [-0.2, 0) is 0 Å². The lowest BCUT2D eigenvalue weighted by molar-refractivity contribution is 0.145. The van der Waals surface area contributed by atoms with Crippen LogP contribution in [0.25, 0.3) is 22.0 Å². The van der Waals surface area contributed by atoms with E-state index >= 15 is 0 Å². The number of methoxy groups -OCH3 is 1. The molecule has 0 aliphatic rings. The predicted octanol–water partition coefficient (Wildman–Crippen LogP) is 3.26. The van der Waals surface area contributed by atoms with E-state index in [1.807, 2.05) is 0 Å². The molecule has 1 aromatic heterocycles. The van der Waals surface area contributed by atoms with Gasteiger partial charge in [-0.25, -0.2) is 4.79 Å². The second-order valence-electron chi connectivity index (χ2n) is 4.80. The van der Waals surface area contributed by atoms with E-state index < -0.39 is 11.7 Å². The minimum Gasteiger partial charge on any atom is -0.497 e. The van der Waals surface area contributed by atoms with Gasteiger partial charge in [0.05, 0.1) is 18.2 Å². The first-order valence-electron chi connectivity index (χ1n) is 6.80. The van der Waals surface area contributed by atoms with Crippen molar-refractivity contribution < 1.29 is 19.4 Å². The van der Waals surface area contributed by atoms with Gasteiger partial charge in [-0.2, -0.15) is 0 Å². The Hall–Kier alpha value is -3.28. The van der Waals surface area contributed by atoms with Crippen LogP contribution in [0.4, 0.5) is 4.79 Å². The third-order valence-corrected chi connectivity index (χ3v) is 3.43. The zero-order valence-electron chi connectivity index (χ0n) is 12.2. The Kier molecular flexibility index (Phi) is 3.72. The van der Waals surface area contributed by atoms with Gasteiger partial charge in [0.2, 0.25) is 0 Å². The van der Waals surface area contributed by atoms with E-state index in [0.717, 1.165) is 0 Å². The number of H-pyrrole nitrogens is 1. The summed E-state index contributed by atoms with van der Waals surface area (Å²) in [6.07, 6.45) is -1.49. The molecule has 3 rings (SSSR count). The summed E-state index contributed by atoms with van der Waals surface area (Å²) in [4.78, 5) is 26.3. The standard InChI is InChI=1S/C17H13NO5/c1-22-11-7-8-13-12(9-11)15(23-17(20)21)14(16(19)18-13)10-5-3-2-4-6-10/h2-9H,1H3,(H,18,19)(H,20,21). The number of ether oxygens (including phenoxy) is 2. The van der Waals surface area contributed by atoms with Gasteiger partial charge < -0.3 is 19.6 Å². The van der Waals surface area contributed by atoms with Crippen LogP contribution in [0.5, 0.6) is 11.5 Å². The van der Waals surface area contributed by atoms with Crippen molar-refractivity contribution in [1.29, 1.82) is 0 Å². The first-order valence-corrected chi connectivity index (χ1v) is 6.80. The lowest BCUT2D eigenvalue weighted by atomic mass is 10.0. The molecule has 6 nitrogen and oxygen atoms in total. The van der Waals surface area contributed by atoms with Crippen LogP contribution in [0.15, 0.2) is 53.3 Å². The molecule has 0 saturated carbocycles. The fraction of sp³-hybridized carbons (Fsp3) is 0.0588. The lowest BCUT2D eigenvalue weighted by Crippen LogP contribution is -2.14. The number of rotatable bonds is 3. The number of hydrogen-bond acceptors (Lipinski definition) is 4. The fourth-order valence-corrected chi connectivity index (χ4v) is 2.43. The Morgan fingerprint density at radius 3 is 2.52 bits per heavy atom. The molecule has 116 valence electrons. The summed E-state index contributed by atoms with van der Waals surface area (Å²) in [7, 11) is 1.50.